The predicted octanol–water partition coefficient (Wildman–Crippen LogP) is 2.47. The molecule has 30 heavy (non-hydrogen) atoms. The second-order valence-corrected chi connectivity index (χ2v) is 7.17. The maximum absolute atomic E-state index is 12.6. The van der Waals surface area contributed by atoms with E-state index in [0.717, 1.165) is 27.7 Å². The lowest BCUT2D eigenvalue weighted by molar-refractivity contribution is 0.0767. The van der Waals surface area contributed by atoms with Crippen LogP contribution in [0.2, 0.25) is 0 Å². The van der Waals surface area contributed by atoms with Crippen molar-refractivity contribution in [2.24, 2.45) is 7.05 Å². The molecule has 1 N–H and O–H groups in total. The third-order valence-electron chi connectivity index (χ3n) is 4.95. The first-order valence-corrected chi connectivity index (χ1v) is 9.56. The number of benzene rings is 1. The number of aliphatic hydroxyl groups excluding tert-OH is 1. The first kappa shape index (κ1) is 19.7. The van der Waals surface area contributed by atoms with Crippen LogP contribution in [0.3, 0.4) is 0 Å². The number of nitrogens with zero attached hydrogens (tertiary/aromatic N) is 6. The van der Waals surface area contributed by atoms with Gasteiger partial charge in [0, 0.05) is 55.7 Å². The van der Waals surface area contributed by atoms with Gasteiger partial charge in [-0.2, -0.15) is 5.10 Å². The Morgan fingerprint density at radius 3 is 2.60 bits per heavy atom. The number of hydrogen-bond donors (Lipinski definition) is 1. The molecule has 3 aromatic heterocycles. The van der Waals surface area contributed by atoms with E-state index in [9.17, 15) is 4.79 Å². The van der Waals surface area contributed by atoms with Crippen LogP contribution in [-0.2, 0) is 7.05 Å². The SMILES string of the molecule is Cc1ccnc(-c2cnc(-c3nn(C)c4ccc(C(=O)N(C)CCO)cc34)nc2)c1. The summed E-state index contributed by atoms with van der Waals surface area (Å²) in [4.78, 5) is 27.5. The van der Waals surface area contributed by atoms with Crippen LogP contribution in [-0.4, -0.2) is 60.8 Å². The Morgan fingerprint density at radius 1 is 1.13 bits per heavy atom. The van der Waals surface area contributed by atoms with Gasteiger partial charge in [-0.3, -0.25) is 14.5 Å². The van der Waals surface area contributed by atoms with Gasteiger partial charge in [-0.1, -0.05) is 0 Å². The highest BCUT2D eigenvalue weighted by Crippen LogP contribution is 2.27. The quantitative estimate of drug-likeness (QED) is 0.551. The molecule has 8 nitrogen and oxygen atoms in total. The zero-order valence-corrected chi connectivity index (χ0v) is 17.1. The molecule has 1 aromatic carbocycles. The number of hydrogen-bond acceptors (Lipinski definition) is 6. The summed E-state index contributed by atoms with van der Waals surface area (Å²) in [6.07, 6.45) is 5.22. The molecule has 0 atom stereocenters. The van der Waals surface area contributed by atoms with Gasteiger partial charge in [0.25, 0.3) is 5.91 Å². The van der Waals surface area contributed by atoms with E-state index < -0.39 is 0 Å². The number of fused-ring (bicyclic) bond motifs is 1. The summed E-state index contributed by atoms with van der Waals surface area (Å²) in [5.41, 5.74) is 4.75. The number of pyridine rings is 1. The fourth-order valence-corrected chi connectivity index (χ4v) is 3.31. The third kappa shape index (κ3) is 3.65. The van der Waals surface area contributed by atoms with E-state index in [4.69, 9.17) is 5.11 Å². The first-order valence-electron chi connectivity index (χ1n) is 9.56. The minimum atomic E-state index is -0.164. The highest BCUT2D eigenvalue weighted by atomic mass is 16.3. The molecule has 152 valence electrons. The zero-order valence-electron chi connectivity index (χ0n) is 17.1. The van der Waals surface area contributed by atoms with Crippen molar-refractivity contribution in [2.75, 3.05) is 20.2 Å². The molecule has 0 radical (unpaired) electrons. The monoisotopic (exact) mass is 402 g/mol. The van der Waals surface area contributed by atoms with Gasteiger partial charge in [0.05, 0.1) is 17.8 Å². The Labute approximate surface area is 173 Å². The van der Waals surface area contributed by atoms with E-state index in [1.54, 1.807) is 42.5 Å². The molecule has 0 saturated heterocycles. The maximum Gasteiger partial charge on any atom is 0.253 e. The molecule has 8 heteroatoms. The van der Waals surface area contributed by atoms with Crippen LogP contribution in [0.5, 0.6) is 0 Å². The van der Waals surface area contributed by atoms with E-state index >= 15 is 0 Å². The Balaban J connectivity index is 1.73. The Morgan fingerprint density at radius 2 is 1.90 bits per heavy atom. The van der Waals surface area contributed by atoms with Crippen molar-refractivity contribution >= 4 is 16.8 Å². The van der Waals surface area contributed by atoms with Crippen LogP contribution in [0.25, 0.3) is 33.7 Å². The zero-order chi connectivity index (χ0) is 21.3. The van der Waals surface area contributed by atoms with E-state index in [-0.39, 0.29) is 19.1 Å². The van der Waals surface area contributed by atoms with Crippen LogP contribution < -0.4 is 0 Å². The number of aryl methyl sites for hydroxylation is 2. The van der Waals surface area contributed by atoms with Crippen LogP contribution in [0.1, 0.15) is 15.9 Å². The molecule has 0 saturated carbocycles. The molecule has 4 rings (SSSR count). The summed E-state index contributed by atoms with van der Waals surface area (Å²) in [6.45, 7) is 2.20. The summed E-state index contributed by atoms with van der Waals surface area (Å²) in [5, 5.41) is 14.5. The Bertz CT molecular complexity index is 1220. The summed E-state index contributed by atoms with van der Waals surface area (Å²) in [5.74, 6) is 0.313. The smallest absolute Gasteiger partial charge is 0.253 e. The van der Waals surface area contributed by atoms with Crippen LogP contribution >= 0.6 is 0 Å². The molecule has 0 aliphatic heterocycles. The molecule has 0 aliphatic carbocycles. The van der Waals surface area contributed by atoms with Crippen molar-refractivity contribution in [3.8, 4) is 22.8 Å². The third-order valence-corrected chi connectivity index (χ3v) is 4.95. The second-order valence-electron chi connectivity index (χ2n) is 7.17. The van der Waals surface area contributed by atoms with Gasteiger partial charge < -0.3 is 10.0 Å². The Hall–Kier alpha value is -3.65. The Kier molecular flexibility index (Phi) is 5.24. The van der Waals surface area contributed by atoms with Crippen molar-refractivity contribution in [1.29, 1.82) is 0 Å². The minimum absolute atomic E-state index is 0.0847. The van der Waals surface area contributed by atoms with Gasteiger partial charge in [0.15, 0.2) is 5.82 Å². The maximum atomic E-state index is 12.6. The van der Waals surface area contributed by atoms with Crippen molar-refractivity contribution in [1.82, 2.24) is 29.6 Å². The van der Waals surface area contributed by atoms with E-state index in [2.05, 4.69) is 20.1 Å². The van der Waals surface area contributed by atoms with Crippen LogP contribution in [0, 0.1) is 6.92 Å². The van der Waals surface area contributed by atoms with Gasteiger partial charge in [-0.05, 0) is 42.8 Å². The van der Waals surface area contributed by atoms with Gasteiger partial charge >= 0.3 is 0 Å². The highest BCUT2D eigenvalue weighted by molar-refractivity contribution is 6.01. The lowest BCUT2D eigenvalue weighted by Gasteiger charge is -2.15. The van der Waals surface area contributed by atoms with Crippen molar-refractivity contribution in [3.63, 3.8) is 0 Å². The van der Waals surface area contributed by atoms with E-state index in [1.165, 1.54) is 4.90 Å². The van der Waals surface area contributed by atoms with Crippen LogP contribution in [0.15, 0.2) is 48.9 Å². The number of carbonyl (C=O) groups excluding carboxylic acids is 1. The minimum Gasteiger partial charge on any atom is -0.395 e. The molecule has 0 aliphatic rings. The molecule has 0 bridgehead atoms. The second kappa shape index (κ2) is 8.00. The average molecular weight is 402 g/mol. The largest absolute Gasteiger partial charge is 0.395 e. The van der Waals surface area contributed by atoms with E-state index in [0.29, 0.717) is 17.1 Å². The number of likely N-dealkylation sites (N-methyl/N-ethyl adjacent to an activating group) is 1. The standard InChI is InChI=1S/C22H22N6O2/c1-14-6-7-23-18(10-14)16-12-24-21(25-13-16)20-17-11-15(22(30)27(2)8-9-29)4-5-19(17)28(3)26-20/h4-7,10-13,29H,8-9H2,1-3H3. The molecular formula is C22H22N6O2. The summed E-state index contributed by atoms with van der Waals surface area (Å²) >= 11 is 0. The highest BCUT2D eigenvalue weighted by Gasteiger charge is 2.17. The summed E-state index contributed by atoms with van der Waals surface area (Å²) < 4.78 is 1.75. The molecule has 0 unspecified atom stereocenters. The fraction of sp³-hybridized carbons (Fsp3) is 0.227. The average Bonchev–Trinajstić information content (AvgIpc) is 3.09. The number of amides is 1. The van der Waals surface area contributed by atoms with Crippen molar-refractivity contribution < 1.29 is 9.90 Å². The molecule has 0 fully saturated rings. The lowest BCUT2D eigenvalue weighted by Crippen LogP contribution is -2.29. The van der Waals surface area contributed by atoms with Crippen LogP contribution in [0.4, 0.5) is 0 Å². The van der Waals surface area contributed by atoms with Gasteiger partial charge in [-0.25, -0.2) is 9.97 Å². The van der Waals surface area contributed by atoms with Crippen molar-refractivity contribution in [3.05, 3.63) is 60.0 Å². The molecule has 0 spiro atoms. The van der Waals surface area contributed by atoms with Crippen molar-refractivity contribution in [2.45, 2.75) is 6.92 Å². The lowest BCUT2D eigenvalue weighted by atomic mass is 10.1. The normalized spacial score (nSPS) is 11.1. The molecule has 3 heterocycles. The van der Waals surface area contributed by atoms with E-state index in [1.807, 2.05) is 32.2 Å². The number of aliphatic hydroxyl groups is 1. The summed E-state index contributed by atoms with van der Waals surface area (Å²) in [7, 11) is 3.50. The molecule has 4 aromatic rings. The number of aromatic nitrogens is 5. The van der Waals surface area contributed by atoms with Gasteiger partial charge in [0.2, 0.25) is 0 Å². The van der Waals surface area contributed by atoms with Gasteiger partial charge in [0.1, 0.15) is 5.69 Å². The number of carbonyl (C=O) groups is 1. The summed E-state index contributed by atoms with van der Waals surface area (Å²) in [6, 6.07) is 9.34. The molecular weight excluding hydrogens is 380 g/mol. The number of rotatable bonds is 5. The predicted molar refractivity (Wildman–Crippen MR) is 114 cm³/mol. The first-order chi connectivity index (χ1) is 14.5. The topological polar surface area (TPSA) is 97.0 Å². The molecule has 1 amide bonds. The van der Waals surface area contributed by atoms with Gasteiger partial charge in [-0.15, -0.1) is 0 Å². The fourth-order valence-electron chi connectivity index (χ4n) is 3.31.